The molecular weight excluding hydrogens is 233 g/mol. The van der Waals surface area contributed by atoms with Crippen LogP contribution in [0.1, 0.15) is 44.8 Å². The number of aliphatic hydroxyl groups is 1. The highest BCUT2D eigenvalue weighted by atomic mass is 19.1. The van der Waals surface area contributed by atoms with Crippen molar-refractivity contribution >= 4 is 5.91 Å². The fraction of sp³-hybridized carbons (Fsp3) is 0.500. The summed E-state index contributed by atoms with van der Waals surface area (Å²) in [6.07, 6.45) is 0.695. The fourth-order valence-electron chi connectivity index (χ4n) is 1.84. The molecule has 0 saturated heterocycles. The number of benzene rings is 1. The van der Waals surface area contributed by atoms with Gasteiger partial charge in [0.15, 0.2) is 0 Å². The first-order chi connectivity index (χ1) is 8.60. The second kappa shape index (κ2) is 7.11. The Morgan fingerprint density at radius 2 is 2.06 bits per heavy atom. The third-order valence-corrected chi connectivity index (χ3v) is 2.87. The first-order valence-electron chi connectivity index (χ1n) is 6.32. The Bertz CT molecular complexity index is 395. The maximum absolute atomic E-state index is 13.5. The molecule has 0 unspecified atom stereocenters. The molecule has 0 fully saturated rings. The second-order valence-corrected chi connectivity index (χ2v) is 4.30. The molecule has 3 nitrogen and oxygen atoms in total. The SMILES string of the molecule is CCCC(=O)N[C@H](CC)[C@@H](O)c1ccccc1F. The first kappa shape index (κ1) is 14.6. The van der Waals surface area contributed by atoms with Gasteiger partial charge in [0.05, 0.1) is 6.04 Å². The molecule has 4 heteroatoms. The number of halogens is 1. The van der Waals surface area contributed by atoms with Gasteiger partial charge in [-0.1, -0.05) is 32.0 Å². The standard InChI is InChI=1S/C14H20FNO2/c1-3-7-13(17)16-12(4-2)14(18)10-8-5-6-9-11(10)15/h5-6,8-9,12,14,18H,3-4,7H2,1-2H3,(H,16,17)/t12-,14+/m1/s1. The van der Waals surface area contributed by atoms with Crippen LogP contribution in [0.3, 0.4) is 0 Å². The highest BCUT2D eigenvalue weighted by Crippen LogP contribution is 2.21. The molecule has 1 rings (SSSR count). The normalized spacial score (nSPS) is 14.0. The van der Waals surface area contributed by atoms with Gasteiger partial charge in [-0.2, -0.15) is 0 Å². The smallest absolute Gasteiger partial charge is 0.220 e. The van der Waals surface area contributed by atoms with Crippen LogP contribution in [0.2, 0.25) is 0 Å². The molecule has 2 N–H and O–H groups in total. The molecule has 0 saturated carbocycles. The summed E-state index contributed by atoms with van der Waals surface area (Å²) < 4.78 is 13.5. The molecule has 100 valence electrons. The second-order valence-electron chi connectivity index (χ2n) is 4.30. The molecule has 0 aliphatic heterocycles. The molecule has 0 aliphatic carbocycles. The van der Waals surface area contributed by atoms with Gasteiger partial charge in [-0.05, 0) is 18.9 Å². The van der Waals surface area contributed by atoms with Gasteiger partial charge >= 0.3 is 0 Å². The van der Waals surface area contributed by atoms with Crippen LogP contribution in [0.5, 0.6) is 0 Å². The van der Waals surface area contributed by atoms with Crippen molar-refractivity contribution in [2.75, 3.05) is 0 Å². The van der Waals surface area contributed by atoms with Gasteiger partial charge in [0.2, 0.25) is 5.91 Å². The highest BCUT2D eigenvalue weighted by Gasteiger charge is 2.23. The number of rotatable bonds is 6. The van der Waals surface area contributed by atoms with E-state index in [4.69, 9.17) is 0 Å². The van der Waals surface area contributed by atoms with E-state index in [9.17, 15) is 14.3 Å². The molecule has 0 bridgehead atoms. The van der Waals surface area contributed by atoms with Crippen LogP contribution in [0.15, 0.2) is 24.3 Å². The van der Waals surface area contributed by atoms with E-state index in [1.54, 1.807) is 12.1 Å². The van der Waals surface area contributed by atoms with E-state index in [0.29, 0.717) is 12.8 Å². The lowest BCUT2D eigenvalue weighted by Gasteiger charge is -2.23. The molecule has 0 aliphatic rings. The lowest BCUT2D eigenvalue weighted by molar-refractivity contribution is -0.122. The monoisotopic (exact) mass is 253 g/mol. The zero-order chi connectivity index (χ0) is 13.5. The van der Waals surface area contributed by atoms with E-state index in [-0.39, 0.29) is 11.5 Å². The summed E-state index contributed by atoms with van der Waals surface area (Å²) in [6.45, 7) is 3.76. The van der Waals surface area contributed by atoms with Crippen molar-refractivity contribution in [3.8, 4) is 0 Å². The quantitative estimate of drug-likeness (QED) is 0.818. The number of hydrogen-bond acceptors (Lipinski definition) is 2. The number of hydrogen-bond donors (Lipinski definition) is 2. The number of carbonyl (C=O) groups excluding carboxylic acids is 1. The molecule has 2 atom stereocenters. The zero-order valence-corrected chi connectivity index (χ0v) is 10.8. The van der Waals surface area contributed by atoms with Crippen molar-refractivity contribution < 1.29 is 14.3 Å². The molecule has 1 aromatic carbocycles. The molecule has 0 aromatic heterocycles. The summed E-state index contributed by atoms with van der Waals surface area (Å²) in [6, 6.07) is 5.62. The van der Waals surface area contributed by atoms with E-state index in [2.05, 4.69) is 5.32 Å². The first-order valence-corrected chi connectivity index (χ1v) is 6.32. The molecule has 18 heavy (non-hydrogen) atoms. The molecule has 1 aromatic rings. The van der Waals surface area contributed by atoms with Crippen molar-refractivity contribution in [2.24, 2.45) is 0 Å². The van der Waals surface area contributed by atoms with Crippen LogP contribution in [0, 0.1) is 5.82 Å². The predicted molar refractivity (Wildman–Crippen MR) is 68.5 cm³/mol. The summed E-state index contributed by atoms with van der Waals surface area (Å²) in [5.41, 5.74) is 0.223. The molecule has 0 radical (unpaired) electrons. The topological polar surface area (TPSA) is 49.3 Å². The van der Waals surface area contributed by atoms with Crippen LogP contribution in [-0.4, -0.2) is 17.1 Å². The number of amides is 1. The zero-order valence-electron chi connectivity index (χ0n) is 10.8. The van der Waals surface area contributed by atoms with Gasteiger partial charge in [-0.15, -0.1) is 0 Å². The molecular formula is C14H20FNO2. The maximum Gasteiger partial charge on any atom is 0.220 e. The fourth-order valence-corrected chi connectivity index (χ4v) is 1.84. The Kier molecular flexibility index (Phi) is 5.78. The van der Waals surface area contributed by atoms with E-state index in [1.807, 2.05) is 13.8 Å². The van der Waals surface area contributed by atoms with E-state index in [1.165, 1.54) is 12.1 Å². The van der Waals surface area contributed by atoms with Gasteiger partial charge in [0, 0.05) is 12.0 Å². The van der Waals surface area contributed by atoms with E-state index < -0.39 is 18.0 Å². The van der Waals surface area contributed by atoms with Crippen molar-refractivity contribution in [3.63, 3.8) is 0 Å². The van der Waals surface area contributed by atoms with Crippen LogP contribution in [0.4, 0.5) is 4.39 Å². The van der Waals surface area contributed by atoms with Crippen LogP contribution in [0.25, 0.3) is 0 Å². The van der Waals surface area contributed by atoms with Gasteiger partial charge in [-0.25, -0.2) is 4.39 Å². The van der Waals surface area contributed by atoms with E-state index in [0.717, 1.165) is 6.42 Å². The van der Waals surface area contributed by atoms with E-state index >= 15 is 0 Å². The Labute approximate surface area is 107 Å². The van der Waals surface area contributed by atoms with Gasteiger partial charge in [-0.3, -0.25) is 4.79 Å². The predicted octanol–water partition coefficient (Wildman–Crippen LogP) is 2.55. The molecule has 0 spiro atoms. The Balaban J connectivity index is 2.76. The number of aliphatic hydroxyl groups excluding tert-OH is 1. The van der Waals surface area contributed by atoms with Gasteiger partial charge < -0.3 is 10.4 Å². The average molecular weight is 253 g/mol. The lowest BCUT2D eigenvalue weighted by atomic mass is 9.99. The number of carbonyl (C=O) groups is 1. The largest absolute Gasteiger partial charge is 0.386 e. The van der Waals surface area contributed by atoms with Crippen LogP contribution >= 0.6 is 0 Å². The third kappa shape index (κ3) is 3.81. The Morgan fingerprint density at radius 1 is 1.39 bits per heavy atom. The van der Waals surface area contributed by atoms with Crippen molar-refractivity contribution in [1.29, 1.82) is 0 Å². The minimum atomic E-state index is -1.02. The minimum Gasteiger partial charge on any atom is -0.386 e. The van der Waals surface area contributed by atoms with Crippen molar-refractivity contribution in [2.45, 2.75) is 45.3 Å². The summed E-state index contributed by atoms with van der Waals surface area (Å²) >= 11 is 0. The number of nitrogens with one attached hydrogen (secondary N) is 1. The summed E-state index contributed by atoms with van der Waals surface area (Å²) in [4.78, 5) is 11.5. The molecule has 0 heterocycles. The summed E-state index contributed by atoms with van der Waals surface area (Å²) in [5.74, 6) is -0.562. The van der Waals surface area contributed by atoms with Gasteiger partial charge in [0.25, 0.3) is 0 Å². The summed E-state index contributed by atoms with van der Waals surface area (Å²) in [7, 11) is 0. The van der Waals surface area contributed by atoms with Crippen LogP contribution in [-0.2, 0) is 4.79 Å². The highest BCUT2D eigenvalue weighted by molar-refractivity contribution is 5.76. The van der Waals surface area contributed by atoms with Crippen molar-refractivity contribution in [1.82, 2.24) is 5.32 Å². The maximum atomic E-state index is 13.5. The average Bonchev–Trinajstić information content (AvgIpc) is 2.36. The van der Waals surface area contributed by atoms with Crippen molar-refractivity contribution in [3.05, 3.63) is 35.6 Å². The molecule has 1 amide bonds. The lowest BCUT2D eigenvalue weighted by Crippen LogP contribution is -2.39. The van der Waals surface area contributed by atoms with Crippen LogP contribution < -0.4 is 5.32 Å². The van der Waals surface area contributed by atoms with Gasteiger partial charge in [0.1, 0.15) is 11.9 Å². The Hall–Kier alpha value is -1.42. The minimum absolute atomic E-state index is 0.111. The third-order valence-electron chi connectivity index (χ3n) is 2.87. The summed E-state index contributed by atoms with van der Waals surface area (Å²) in [5, 5.41) is 12.9. The Morgan fingerprint density at radius 3 is 2.61 bits per heavy atom.